The summed E-state index contributed by atoms with van der Waals surface area (Å²) in [5.41, 5.74) is 1.87. The Labute approximate surface area is 185 Å². The molecule has 0 amide bonds. The van der Waals surface area contributed by atoms with Gasteiger partial charge in [-0.15, -0.1) is 0 Å². The summed E-state index contributed by atoms with van der Waals surface area (Å²) in [6.45, 7) is 7.00. The molecule has 3 N–H and O–H groups in total. The Morgan fingerprint density at radius 2 is 1.71 bits per heavy atom. The molecule has 0 heterocycles. The fraction of sp³-hybridized carbons (Fsp3) is 0.458. The molecular weight excluding hydrogens is 394 g/mol. The molecule has 2 aromatic carbocycles. The van der Waals surface area contributed by atoms with Crippen LogP contribution in [-0.4, -0.2) is 51.5 Å². The number of guanidine groups is 1. The van der Waals surface area contributed by atoms with Gasteiger partial charge in [0.1, 0.15) is 11.5 Å². The molecule has 2 aromatic rings. The maximum atomic E-state index is 10.6. The van der Waals surface area contributed by atoms with E-state index in [-0.39, 0.29) is 5.92 Å². The molecule has 0 spiro atoms. The quantitative estimate of drug-likeness (QED) is 0.355. The molecule has 0 aliphatic carbocycles. The van der Waals surface area contributed by atoms with E-state index in [9.17, 15) is 5.11 Å². The van der Waals surface area contributed by atoms with E-state index >= 15 is 0 Å². The predicted molar refractivity (Wildman–Crippen MR) is 124 cm³/mol. The van der Waals surface area contributed by atoms with E-state index in [1.807, 2.05) is 25.1 Å². The normalized spacial score (nSPS) is 13.4. The van der Waals surface area contributed by atoms with Crippen molar-refractivity contribution in [3.8, 4) is 11.5 Å². The van der Waals surface area contributed by atoms with Crippen LogP contribution in [0.15, 0.2) is 53.5 Å². The summed E-state index contributed by atoms with van der Waals surface area (Å²) in [5.74, 6) is 2.20. The molecule has 0 saturated heterocycles. The smallest absolute Gasteiger partial charge is 0.191 e. The van der Waals surface area contributed by atoms with Gasteiger partial charge in [-0.05, 0) is 36.1 Å². The van der Waals surface area contributed by atoms with Gasteiger partial charge in [0.25, 0.3) is 0 Å². The van der Waals surface area contributed by atoms with Crippen molar-refractivity contribution in [2.24, 2.45) is 10.9 Å². The lowest BCUT2D eigenvalue weighted by atomic mass is 10.1. The van der Waals surface area contributed by atoms with Crippen LogP contribution in [0.25, 0.3) is 0 Å². The first kappa shape index (κ1) is 24.5. The minimum atomic E-state index is -0.737. The lowest BCUT2D eigenvalue weighted by Gasteiger charge is -2.17. The molecule has 0 bridgehead atoms. The van der Waals surface area contributed by atoms with Crippen molar-refractivity contribution in [2.45, 2.75) is 26.6 Å². The first-order valence-electron chi connectivity index (χ1n) is 10.6. The molecule has 0 aliphatic rings. The summed E-state index contributed by atoms with van der Waals surface area (Å²) in [5, 5.41) is 17.0. The highest BCUT2D eigenvalue weighted by molar-refractivity contribution is 5.79. The molecule has 0 aromatic heterocycles. The Hall–Kier alpha value is -2.77. The SMILES string of the molecule is CCNC(=NCC(C)COCc1ccccc1)NCC(O)c1cc(OC)cc(OC)c1. The minimum absolute atomic E-state index is 0.270. The van der Waals surface area contributed by atoms with E-state index in [0.717, 1.165) is 12.1 Å². The summed E-state index contributed by atoms with van der Waals surface area (Å²) >= 11 is 0. The third kappa shape index (κ3) is 8.86. The van der Waals surface area contributed by atoms with Crippen LogP contribution in [-0.2, 0) is 11.3 Å². The van der Waals surface area contributed by atoms with Crippen molar-refractivity contribution in [3.63, 3.8) is 0 Å². The molecule has 0 fully saturated rings. The van der Waals surface area contributed by atoms with Crippen molar-refractivity contribution in [2.75, 3.05) is 40.5 Å². The highest BCUT2D eigenvalue weighted by atomic mass is 16.5. The second-order valence-corrected chi connectivity index (χ2v) is 7.37. The van der Waals surface area contributed by atoms with E-state index in [4.69, 9.17) is 14.2 Å². The number of nitrogens with one attached hydrogen (secondary N) is 2. The van der Waals surface area contributed by atoms with Crippen molar-refractivity contribution >= 4 is 5.96 Å². The van der Waals surface area contributed by atoms with Gasteiger partial charge in [-0.1, -0.05) is 37.3 Å². The van der Waals surface area contributed by atoms with E-state index in [2.05, 4.69) is 34.7 Å². The molecule has 170 valence electrons. The monoisotopic (exact) mass is 429 g/mol. The van der Waals surface area contributed by atoms with Gasteiger partial charge in [-0.2, -0.15) is 0 Å². The topological polar surface area (TPSA) is 84.3 Å². The van der Waals surface area contributed by atoms with E-state index in [1.165, 1.54) is 0 Å². The standard InChI is InChI=1S/C24H35N3O4/c1-5-25-24(26-14-18(2)16-31-17-19-9-7-6-8-10-19)27-15-23(28)20-11-21(29-3)13-22(12-20)30-4/h6-13,18,23,28H,5,14-17H2,1-4H3,(H2,25,26,27). The van der Waals surface area contributed by atoms with Gasteiger partial charge in [-0.25, -0.2) is 0 Å². The van der Waals surface area contributed by atoms with Crippen LogP contribution >= 0.6 is 0 Å². The zero-order chi connectivity index (χ0) is 22.5. The van der Waals surface area contributed by atoms with Crippen LogP contribution in [0.2, 0.25) is 0 Å². The maximum Gasteiger partial charge on any atom is 0.191 e. The number of aliphatic imine (C=N–C) groups is 1. The van der Waals surface area contributed by atoms with Gasteiger partial charge < -0.3 is 30.0 Å². The number of rotatable bonds is 12. The molecule has 0 aliphatic heterocycles. The molecule has 2 rings (SSSR count). The summed E-state index contributed by atoms with van der Waals surface area (Å²) < 4.78 is 16.4. The molecule has 31 heavy (non-hydrogen) atoms. The van der Waals surface area contributed by atoms with Crippen molar-refractivity contribution < 1.29 is 19.3 Å². The molecule has 0 radical (unpaired) electrons. The fourth-order valence-electron chi connectivity index (χ4n) is 2.93. The third-order valence-corrected chi connectivity index (χ3v) is 4.64. The summed E-state index contributed by atoms with van der Waals surface area (Å²) in [6.07, 6.45) is -0.737. The zero-order valence-electron chi connectivity index (χ0n) is 18.9. The van der Waals surface area contributed by atoms with Crippen molar-refractivity contribution in [3.05, 3.63) is 59.7 Å². The number of hydrogen-bond donors (Lipinski definition) is 3. The number of benzene rings is 2. The molecule has 7 heteroatoms. The summed E-state index contributed by atoms with van der Waals surface area (Å²) in [4.78, 5) is 4.63. The highest BCUT2D eigenvalue weighted by Gasteiger charge is 2.12. The molecule has 7 nitrogen and oxygen atoms in total. The van der Waals surface area contributed by atoms with E-state index in [0.29, 0.717) is 49.3 Å². The summed E-state index contributed by atoms with van der Waals surface area (Å²) in [7, 11) is 3.17. The van der Waals surface area contributed by atoms with Crippen LogP contribution < -0.4 is 20.1 Å². The van der Waals surface area contributed by atoms with Gasteiger partial charge in [0.05, 0.1) is 33.5 Å². The third-order valence-electron chi connectivity index (χ3n) is 4.64. The van der Waals surface area contributed by atoms with Crippen LogP contribution in [0.4, 0.5) is 0 Å². The number of aliphatic hydroxyl groups excluding tert-OH is 1. The van der Waals surface area contributed by atoms with Gasteiger partial charge >= 0.3 is 0 Å². The molecule has 0 saturated carbocycles. The number of methoxy groups -OCH3 is 2. The maximum absolute atomic E-state index is 10.6. The molecule has 2 atom stereocenters. The van der Waals surface area contributed by atoms with Crippen LogP contribution in [0.5, 0.6) is 11.5 Å². The van der Waals surface area contributed by atoms with E-state index in [1.54, 1.807) is 32.4 Å². The average Bonchev–Trinajstić information content (AvgIpc) is 2.80. The van der Waals surface area contributed by atoms with Gasteiger partial charge in [-0.3, -0.25) is 4.99 Å². The van der Waals surface area contributed by atoms with Gasteiger partial charge in [0.15, 0.2) is 5.96 Å². The van der Waals surface area contributed by atoms with Crippen LogP contribution in [0.1, 0.15) is 31.1 Å². The van der Waals surface area contributed by atoms with Crippen molar-refractivity contribution in [1.29, 1.82) is 0 Å². The highest BCUT2D eigenvalue weighted by Crippen LogP contribution is 2.26. The largest absolute Gasteiger partial charge is 0.497 e. The lowest BCUT2D eigenvalue weighted by molar-refractivity contribution is 0.0944. The van der Waals surface area contributed by atoms with Gasteiger partial charge in [0.2, 0.25) is 0 Å². The summed E-state index contributed by atoms with van der Waals surface area (Å²) in [6, 6.07) is 15.5. The molecular formula is C24H35N3O4. The Morgan fingerprint density at radius 1 is 1.03 bits per heavy atom. The average molecular weight is 430 g/mol. The first-order valence-corrected chi connectivity index (χ1v) is 10.6. The Kier molecular flexibility index (Phi) is 10.7. The van der Waals surface area contributed by atoms with Crippen molar-refractivity contribution in [1.82, 2.24) is 10.6 Å². The first-order chi connectivity index (χ1) is 15.0. The Balaban J connectivity index is 1.84. The number of nitrogens with zero attached hydrogens (tertiary/aromatic N) is 1. The minimum Gasteiger partial charge on any atom is -0.497 e. The second kappa shape index (κ2) is 13.5. The Bertz CT molecular complexity index is 776. The van der Waals surface area contributed by atoms with Crippen LogP contribution in [0.3, 0.4) is 0 Å². The molecule has 2 unspecified atom stereocenters. The Morgan fingerprint density at radius 3 is 2.32 bits per heavy atom. The van der Waals surface area contributed by atoms with Crippen LogP contribution in [0, 0.1) is 5.92 Å². The number of aliphatic hydroxyl groups is 1. The number of ether oxygens (including phenoxy) is 3. The zero-order valence-corrected chi connectivity index (χ0v) is 18.9. The second-order valence-electron chi connectivity index (χ2n) is 7.37. The lowest BCUT2D eigenvalue weighted by Crippen LogP contribution is -2.39. The fourth-order valence-corrected chi connectivity index (χ4v) is 2.93. The predicted octanol–water partition coefficient (Wildman–Crippen LogP) is 3.15. The van der Waals surface area contributed by atoms with Gasteiger partial charge in [0, 0.05) is 25.7 Å². The number of hydrogen-bond acceptors (Lipinski definition) is 5. The van der Waals surface area contributed by atoms with E-state index < -0.39 is 6.10 Å².